The predicted molar refractivity (Wildman–Crippen MR) is 68.6 cm³/mol. The summed E-state index contributed by atoms with van der Waals surface area (Å²) in [6.07, 6.45) is 1.76. The number of benzene rings is 1. The molecular weight excluding hydrogens is 298 g/mol. The van der Waals surface area contributed by atoms with Crippen molar-refractivity contribution in [3.8, 4) is 0 Å². The van der Waals surface area contributed by atoms with E-state index in [0.717, 1.165) is 11.3 Å². The highest BCUT2D eigenvalue weighted by atomic mass is 79.9. The lowest BCUT2D eigenvalue weighted by molar-refractivity contribution is -0.115. The molecule has 1 N–H and O–H groups in total. The maximum absolute atomic E-state index is 12.2. The Hall–Kier alpha value is -1.88. The molecule has 0 unspecified atom stereocenters. The van der Waals surface area contributed by atoms with Gasteiger partial charge in [0.15, 0.2) is 5.76 Å². The summed E-state index contributed by atoms with van der Waals surface area (Å²) in [6.45, 7) is 0. The van der Waals surface area contributed by atoms with E-state index < -0.39 is 0 Å². The number of amides is 1. The molecule has 0 atom stereocenters. The van der Waals surface area contributed by atoms with Crippen molar-refractivity contribution in [2.24, 2.45) is 0 Å². The summed E-state index contributed by atoms with van der Waals surface area (Å²) in [7, 11) is 0. The molecule has 3 rings (SSSR count). The molecule has 2 aromatic rings. The maximum atomic E-state index is 12.2. The van der Waals surface area contributed by atoms with Crippen LogP contribution in [0.5, 0.6) is 0 Å². The fourth-order valence-electron chi connectivity index (χ4n) is 1.96. The molecule has 1 aromatic heterocycles. The summed E-state index contributed by atoms with van der Waals surface area (Å²) in [5.74, 6) is 0.0291. The summed E-state index contributed by atoms with van der Waals surface area (Å²) in [5, 5.41) is 2.74. The zero-order valence-electron chi connectivity index (χ0n) is 9.20. The molecule has 0 fully saturated rings. The van der Waals surface area contributed by atoms with E-state index >= 15 is 0 Å². The fraction of sp³-hybridized carbons (Fsp3) is 0.0769. The van der Waals surface area contributed by atoms with Crippen LogP contribution in [-0.4, -0.2) is 11.7 Å². The van der Waals surface area contributed by atoms with Gasteiger partial charge in [-0.25, -0.2) is 0 Å². The predicted octanol–water partition coefficient (Wildman–Crippen LogP) is 2.77. The molecule has 90 valence electrons. The average molecular weight is 306 g/mol. The molecule has 18 heavy (non-hydrogen) atoms. The van der Waals surface area contributed by atoms with Crippen LogP contribution in [0, 0.1) is 0 Å². The number of nitrogens with one attached hydrogen (secondary N) is 1. The highest BCUT2D eigenvalue weighted by molar-refractivity contribution is 9.10. The number of hydrogen-bond donors (Lipinski definition) is 1. The van der Waals surface area contributed by atoms with Gasteiger partial charge in [-0.2, -0.15) is 0 Å². The smallest absolute Gasteiger partial charge is 0.229 e. The lowest BCUT2D eigenvalue weighted by Gasteiger charge is -2.05. The van der Waals surface area contributed by atoms with Crippen LogP contribution in [0.15, 0.2) is 39.4 Å². The molecule has 0 saturated carbocycles. The number of rotatable bonds is 2. The van der Waals surface area contributed by atoms with E-state index in [9.17, 15) is 9.59 Å². The Morgan fingerprint density at radius 1 is 1.39 bits per heavy atom. The van der Waals surface area contributed by atoms with Gasteiger partial charge in [0.2, 0.25) is 11.7 Å². The van der Waals surface area contributed by atoms with E-state index in [4.69, 9.17) is 4.42 Å². The first-order chi connectivity index (χ1) is 8.65. The Labute approximate surface area is 111 Å². The second-order valence-corrected chi connectivity index (χ2v) is 4.87. The normalized spacial score (nSPS) is 13.3. The molecule has 2 heterocycles. The van der Waals surface area contributed by atoms with Crippen LogP contribution in [0.2, 0.25) is 0 Å². The van der Waals surface area contributed by atoms with Gasteiger partial charge in [0.25, 0.3) is 0 Å². The highest BCUT2D eigenvalue weighted by Gasteiger charge is 2.23. The molecule has 0 radical (unpaired) electrons. The molecular formula is C13H8BrNO3. The van der Waals surface area contributed by atoms with Crippen molar-refractivity contribution in [1.29, 1.82) is 0 Å². The van der Waals surface area contributed by atoms with E-state index in [-0.39, 0.29) is 17.5 Å². The summed E-state index contributed by atoms with van der Waals surface area (Å²) in [4.78, 5) is 23.5. The van der Waals surface area contributed by atoms with Crippen molar-refractivity contribution in [3.63, 3.8) is 0 Å². The fourth-order valence-corrected chi connectivity index (χ4v) is 2.49. The Morgan fingerprint density at radius 2 is 2.22 bits per heavy atom. The van der Waals surface area contributed by atoms with Gasteiger partial charge in [-0.05, 0) is 45.8 Å². The van der Waals surface area contributed by atoms with Crippen molar-refractivity contribution in [2.75, 3.05) is 5.32 Å². The number of ketones is 1. The topological polar surface area (TPSA) is 59.3 Å². The maximum Gasteiger partial charge on any atom is 0.229 e. The first-order valence-corrected chi connectivity index (χ1v) is 6.15. The minimum absolute atomic E-state index is 0.0560. The third kappa shape index (κ3) is 1.76. The number of carbonyl (C=O) groups is 2. The van der Waals surface area contributed by atoms with Crippen LogP contribution in [0.4, 0.5) is 5.69 Å². The Bertz CT molecular complexity index is 647. The minimum Gasteiger partial charge on any atom is -0.461 e. The molecule has 1 amide bonds. The third-order valence-corrected chi connectivity index (χ3v) is 3.46. The summed E-state index contributed by atoms with van der Waals surface area (Å²) in [6, 6.07) is 6.75. The quantitative estimate of drug-likeness (QED) is 0.868. The first-order valence-electron chi connectivity index (χ1n) is 5.35. The monoisotopic (exact) mass is 305 g/mol. The molecule has 1 aliphatic heterocycles. The lowest BCUT2D eigenvalue weighted by atomic mass is 10.0. The standard InChI is InChI=1S/C13H8BrNO3/c14-9-6-10-7(5-12(16)15-10)4-8(9)13(17)11-2-1-3-18-11/h1-4,6H,5H2,(H,15,16). The van der Waals surface area contributed by atoms with E-state index in [0.29, 0.717) is 16.5 Å². The van der Waals surface area contributed by atoms with Gasteiger partial charge in [-0.3, -0.25) is 9.59 Å². The van der Waals surface area contributed by atoms with E-state index in [1.165, 1.54) is 6.26 Å². The van der Waals surface area contributed by atoms with Gasteiger partial charge in [-0.1, -0.05) is 0 Å². The zero-order valence-corrected chi connectivity index (χ0v) is 10.8. The van der Waals surface area contributed by atoms with E-state index in [2.05, 4.69) is 21.2 Å². The van der Waals surface area contributed by atoms with Crippen LogP contribution in [-0.2, 0) is 11.2 Å². The van der Waals surface area contributed by atoms with Crippen LogP contribution >= 0.6 is 15.9 Å². The molecule has 1 aromatic carbocycles. The van der Waals surface area contributed by atoms with Gasteiger partial charge < -0.3 is 9.73 Å². The molecule has 5 heteroatoms. The van der Waals surface area contributed by atoms with Gasteiger partial charge in [0.05, 0.1) is 12.7 Å². The highest BCUT2D eigenvalue weighted by Crippen LogP contribution is 2.31. The Morgan fingerprint density at radius 3 is 2.94 bits per heavy atom. The van der Waals surface area contributed by atoms with Crippen molar-refractivity contribution < 1.29 is 14.0 Å². The Kier molecular flexibility index (Phi) is 2.56. The van der Waals surface area contributed by atoms with Gasteiger partial charge >= 0.3 is 0 Å². The average Bonchev–Trinajstić information content (AvgIpc) is 2.94. The molecule has 0 saturated heterocycles. The number of anilines is 1. The molecule has 0 aliphatic carbocycles. The number of hydrogen-bond acceptors (Lipinski definition) is 3. The second kappa shape index (κ2) is 4.10. The summed E-state index contributed by atoms with van der Waals surface area (Å²) < 4.78 is 5.74. The molecule has 0 spiro atoms. The minimum atomic E-state index is -0.200. The SMILES string of the molecule is O=C1Cc2cc(C(=O)c3ccco3)c(Br)cc2N1. The van der Waals surface area contributed by atoms with Crippen molar-refractivity contribution in [1.82, 2.24) is 0 Å². The number of fused-ring (bicyclic) bond motifs is 1. The number of carbonyl (C=O) groups excluding carboxylic acids is 2. The van der Waals surface area contributed by atoms with Gasteiger partial charge in [0.1, 0.15) is 0 Å². The third-order valence-electron chi connectivity index (χ3n) is 2.81. The number of halogens is 1. The molecule has 1 aliphatic rings. The van der Waals surface area contributed by atoms with E-state index in [1.54, 1.807) is 24.3 Å². The van der Waals surface area contributed by atoms with Crippen molar-refractivity contribution in [2.45, 2.75) is 6.42 Å². The van der Waals surface area contributed by atoms with E-state index in [1.807, 2.05) is 0 Å². The zero-order chi connectivity index (χ0) is 12.7. The largest absolute Gasteiger partial charge is 0.461 e. The van der Waals surface area contributed by atoms with Crippen molar-refractivity contribution in [3.05, 3.63) is 51.9 Å². The number of furan rings is 1. The summed E-state index contributed by atoms with van der Waals surface area (Å²) in [5.41, 5.74) is 2.08. The first kappa shape index (κ1) is 11.2. The van der Waals surface area contributed by atoms with Crippen LogP contribution in [0.1, 0.15) is 21.7 Å². The van der Waals surface area contributed by atoms with Crippen LogP contribution < -0.4 is 5.32 Å². The molecule has 0 bridgehead atoms. The van der Waals surface area contributed by atoms with Crippen LogP contribution in [0.3, 0.4) is 0 Å². The van der Waals surface area contributed by atoms with Crippen molar-refractivity contribution >= 4 is 33.3 Å². The second-order valence-electron chi connectivity index (χ2n) is 4.02. The van der Waals surface area contributed by atoms with Gasteiger partial charge in [0, 0.05) is 15.7 Å². The van der Waals surface area contributed by atoms with Crippen LogP contribution in [0.25, 0.3) is 0 Å². The Balaban J connectivity index is 2.06. The summed E-state index contributed by atoms with van der Waals surface area (Å²) >= 11 is 3.34. The van der Waals surface area contributed by atoms with Gasteiger partial charge in [-0.15, -0.1) is 0 Å². The molecule has 4 nitrogen and oxygen atoms in total. The lowest BCUT2D eigenvalue weighted by Crippen LogP contribution is -2.03.